The summed E-state index contributed by atoms with van der Waals surface area (Å²) in [6.07, 6.45) is 1.65. The Balaban J connectivity index is 1.47. The van der Waals surface area contributed by atoms with Gasteiger partial charge in [0, 0.05) is 22.9 Å². The van der Waals surface area contributed by atoms with Crippen LogP contribution in [0.25, 0.3) is 33.5 Å². The lowest BCUT2D eigenvalue weighted by atomic mass is 10.0. The molecule has 2 aromatic heterocycles. The number of thioether (sulfide) groups is 1. The molecule has 0 amide bonds. The average molecular weight is 426 g/mol. The van der Waals surface area contributed by atoms with Crippen LogP contribution in [0, 0.1) is 6.92 Å². The van der Waals surface area contributed by atoms with Crippen LogP contribution in [0.5, 0.6) is 0 Å². The van der Waals surface area contributed by atoms with E-state index < -0.39 is 0 Å². The Bertz CT molecular complexity index is 1420. The molecule has 0 fully saturated rings. The summed E-state index contributed by atoms with van der Waals surface area (Å²) in [5, 5.41) is 9.26. The van der Waals surface area contributed by atoms with Gasteiger partial charge in [0.15, 0.2) is 0 Å². The van der Waals surface area contributed by atoms with Crippen molar-refractivity contribution in [1.29, 1.82) is 0 Å². The average Bonchev–Trinajstić information content (AvgIpc) is 3.28. The summed E-state index contributed by atoms with van der Waals surface area (Å²) in [6.45, 7) is 2.08. The number of benzene rings is 3. The summed E-state index contributed by atoms with van der Waals surface area (Å²) in [7, 11) is 0. The SMILES string of the molecule is Cc1ccccc1CSc1nnc(-c2c[nH]c3c(-c4ccccc4)cccc3c2=O)o1. The highest BCUT2D eigenvalue weighted by Gasteiger charge is 2.16. The maximum Gasteiger partial charge on any atom is 0.277 e. The summed E-state index contributed by atoms with van der Waals surface area (Å²) >= 11 is 1.46. The van der Waals surface area contributed by atoms with E-state index >= 15 is 0 Å². The van der Waals surface area contributed by atoms with Gasteiger partial charge in [-0.25, -0.2) is 0 Å². The number of aryl methyl sites for hydroxylation is 1. The quantitative estimate of drug-likeness (QED) is 0.358. The number of nitrogens with zero attached hydrogens (tertiary/aromatic N) is 2. The van der Waals surface area contributed by atoms with Crippen LogP contribution in [0.4, 0.5) is 0 Å². The number of aromatic amines is 1. The molecule has 5 rings (SSSR count). The van der Waals surface area contributed by atoms with E-state index in [0.717, 1.165) is 22.4 Å². The van der Waals surface area contributed by atoms with Gasteiger partial charge in [0.05, 0.1) is 5.52 Å². The number of para-hydroxylation sites is 1. The highest BCUT2D eigenvalue weighted by atomic mass is 32.2. The minimum absolute atomic E-state index is 0.134. The number of hydrogen-bond donors (Lipinski definition) is 1. The molecule has 0 unspecified atom stereocenters. The first-order valence-electron chi connectivity index (χ1n) is 9.92. The molecule has 0 radical (unpaired) electrons. The maximum atomic E-state index is 13.2. The molecule has 0 aliphatic carbocycles. The van der Waals surface area contributed by atoms with Crippen LogP contribution in [-0.4, -0.2) is 15.2 Å². The second-order valence-electron chi connectivity index (χ2n) is 7.21. The molecule has 2 heterocycles. The van der Waals surface area contributed by atoms with Crippen molar-refractivity contribution in [2.75, 3.05) is 0 Å². The fraction of sp³-hybridized carbons (Fsp3) is 0.0800. The molecule has 1 N–H and O–H groups in total. The smallest absolute Gasteiger partial charge is 0.277 e. The standard InChI is InChI=1S/C25H19N3O2S/c1-16-8-5-6-11-18(16)15-31-25-28-27-24(30-25)21-14-26-22-19(17-9-3-2-4-10-17)12-7-13-20(22)23(21)29/h2-14H,15H2,1H3,(H,26,29). The minimum Gasteiger partial charge on any atom is -0.411 e. The van der Waals surface area contributed by atoms with Crippen LogP contribution in [0.2, 0.25) is 0 Å². The number of nitrogens with one attached hydrogen (secondary N) is 1. The van der Waals surface area contributed by atoms with Gasteiger partial charge in [-0.2, -0.15) is 0 Å². The second-order valence-corrected chi connectivity index (χ2v) is 8.14. The van der Waals surface area contributed by atoms with Crippen molar-refractivity contribution in [3.8, 4) is 22.6 Å². The Kier molecular flexibility index (Phi) is 5.14. The topological polar surface area (TPSA) is 71.8 Å². The first-order chi connectivity index (χ1) is 15.2. The highest BCUT2D eigenvalue weighted by molar-refractivity contribution is 7.98. The lowest BCUT2D eigenvalue weighted by Gasteiger charge is -2.07. The molecule has 0 atom stereocenters. The van der Waals surface area contributed by atoms with Crippen LogP contribution in [0.1, 0.15) is 11.1 Å². The number of pyridine rings is 1. The summed E-state index contributed by atoms with van der Waals surface area (Å²) in [5.74, 6) is 0.948. The fourth-order valence-corrected chi connectivity index (χ4v) is 4.40. The first kappa shape index (κ1) is 19.3. The molecular weight excluding hydrogens is 406 g/mol. The summed E-state index contributed by atoms with van der Waals surface area (Å²) in [6, 6.07) is 23.9. The number of fused-ring (bicyclic) bond motifs is 1. The Morgan fingerprint density at radius 3 is 2.55 bits per heavy atom. The van der Waals surface area contributed by atoms with Gasteiger partial charge < -0.3 is 9.40 Å². The molecule has 6 heteroatoms. The molecule has 0 aliphatic heterocycles. The Labute approximate surface area is 183 Å². The lowest BCUT2D eigenvalue weighted by Crippen LogP contribution is -2.07. The summed E-state index contributed by atoms with van der Waals surface area (Å²) in [4.78, 5) is 16.5. The van der Waals surface area contributed by atoms with Crippen molar-refractivity contribution in [1.82, 2.24) is 15.2 Å². The zero-order chi connectivity index (χ0) is 21.2. The molecule has 0 saturated carbocycles. The number of aromatic nitrogens is 3. The van der Waals surface area contributed by atoms with Crippen molar-refractivity contribution >= 4 is 22.7 Å². The van der Waals surface area contributed by atoms with Crippen molar-refractivity contribution in [2.24, 2.45) is 0 Å². The van der Waals surface area contributed by atoms with Crippen LogP contribution in [-0.2, 0) is 5.75 Å². The van der Waals surface area contributed by atoms with Crippen LogP contribution in [0.3, 0.4) is 0 Å². The maximum absolute atomic E-state index is 13.2. The van der Waals surface area contributed by atoms with Crippen molar-refractivity contribution in [3.63, 3.8) is 0 Å². The molecule has 31 heavy (non-hydrogen) atoms. The lowest BCUT2D eigenvalue weighted by molar-refractivity contribution is 0.465. The predicted octanol–water partition coefficient (Wildman–Crippen LogP) is 5.85. The molecule has 0 saturated heterocycles. The number of hydrogen-bond acceptors (Lipinski definition) is 5. The third-order valence-corrected chi connectivity index (χ3v) is 6.12. The van der Waals surface area contributed by atoms with E-state index in [-0.39, 0.29) is 11.3 Å². The van der Waals surface area contributed by atoms with Gasteiger partial charge in [0.2, 0.25) is 5.43 Å². The summed E-state index contributed by atoms with van der Waals surface area (Å²) in [5.41, 5.74) is 5.47. The molecular formula is C25H19N3O2S. The Morgan fingerprint density at radius 1 is 0.903 bits per heavy atom. The minimum atomic E-state index is -0.134. The van der Waals surface area contributed by atoms with Crippen molar-refractivity contribution in [3.05, 3.63) is 100 Å². The van der Waals surface area contributed by atoms with Crippen LogP contribution < -0.4 is 5.43 Å². The summed E-state index contributed by atoms with van der Waals surface area (Å²) < 4.78 is 5.80. The van der Waals surface area contributed by atoms with E-state index in [1.54, 1.807) is 6.20 Å². The molecule has 5 nitrogen and oxygen atoms in total. The van der Waals surface area contributed by atoms with Crippen LogP contribution >= 0.6 is 11.8 Å². The first-order valence-corrected chi connectivity index (χ1v) is 10.9. The largest absolute Gasteiger partial charge is 0.411 e. The van der Waals surface area contributed by atoms with Gasteiger partial charge in [-0.15, -0.1) is 10.2 Å². The highest BCUT2D eigenvalue weighted by Crippen LogP contribution is 2.28. The van der Waals surface area contributed by atoms with Crippen molar-refractivity contribution in [2.45, 2.75) is 17.9 Å². The number of rotatable bonds is 5. The van der Waals surface area contributed by atoms with Gasteiger partial charge in [0.1, 0.15) is 5.56 Å². The Hall–Kier alpha value is -3.64. The van der Waals surface area contributed by atoms with Gasteiger partial charge in [-0.3, -0.25) is 4.79 Å². The zero-order valence-corrected chi connectivity index (χ0v) is 17.6. The third-order valence-electron chi connectivity index (χ3n) is 5.25. The molecule has 0 aliphatic rings. The third kappa shape index (κ3) is 3.78. The van der Waals surface area contributed by atoms with E-state index in [2.05, 4.69) is 34.2 Å². The van der Waals surface area contributed by atoms with Crippen LogP contribution in [0.15, 0.2) is 93.4 Å². The second kappa shape index (κ2) is 8.24. The predicted molar refractivity (Wildman–Crippen MR) is 124 cm³/mol. The van der Waals surface area contributed by atoms with E-state index in [1.165, 1.54) is 22.9 Å². The fourth-order valence-electron chi connectivity index (χ4n) is 3.56. The van der Waals surface area contributed by atoms with Gasteiger partial charge in [0.25, 0.3) is 11.1 Å². The normalized spacial score (nSPS) is 11.1. The van der Waals surface area contributed by atoms with Crippen molar-refractivity contribution < 1.29 is 4.42 Å². The van der Waals surface area contributed by atoms with E-state index in [9.17, 15) is 4.79 Å². The number of H-pyrrole nitrogens is 1. The molecule has 152 valence electrons. The van der Waals surface area contributed by atoms with E-state index in [0.29, 0.717) is 16.2 Å². The molecule has 0 bridgehead atoms. The molecule has 5 aromatic rings. The van der Waals surface area contributed by atoms with Gasteiger partial charge in [-0.1, -0.05) is 78.5 Å². The zero-order valence-electron chi connectivity index (χ0n) is 16.8. The van der Waals surface area contributed by atoms with E-state index in [4.69, 9.17) is 4.42 Å². The van der Waals surface area contributed by atoms with Gasteiger partial charge >= 0.3 is 0 Å². The monoisotopic (exact) mass is 425 g/mol. The molecule has 3 aromatic carbocycles. The molecule has 0 spiro atoms. The van der Waals surface area contributed by atoms with Gasteiger partial charge in [-0.05, 0) is 29.7 Å². The van der Waals surface area contributed by atoms with E-state index in [1.807, 2.05) is 60.7 Å². The Morgan fingerprint density at radius 2 is 1.71 bits per heavy atom.